The SMILES string of the molecule is COC(=O)c1nc(NC(C)c2ccccn2)sc1C(C)=O. The Balaban J connectivity index is 2.25. The highest BCUT2D eigenvalue weighted by molar-refractivity contribution is 7.17. The van der Waals surface area contributed by atoms with E-state index < -0.39 is 5.97 Å². The highest BCUT2D eigenvalue weighted by Gasteiger charge is 2.22. The fourth-order valence-corrected chi connectivity index (χ4v) is 2.68. The van der Waals surface area contributed by atoms with Crippen LogP contribution in [-0.2, 0) is 4.74 Å². The Labute approximate surface area is 126 Å². The van der Waals surface area contributed by atoms with Gasteiger partial charge in [0.05, 0.1) is 18.8 Å². The average Bonchev–Trinajstić information content (AvgIpc) is 2.91. The van der Waals surface area contributed by atoms with Gasteiger partial charge in [0.1, 0.15) is 4.88 Å². The van der Waals surface area contributed by atoms with Crippen molar-refractivity contribution < 1.29 is 14.3 Å². The smallest absolute Gasteiger partial charge is 0.358 e. The molecule has 1 N–H and O–H groups in total. The van der Waals surface area contributed by atoms with Crippen LogP contribution in [0.4, 0.5) is 5.13 Å². The maximum absolute atomic E-state index is 11.6. The molecule has 0 aromatic carbocycles. The number of thiazole rings is 1. The molecule has 0 bridgehead atoms. The Kier molecular flexibility index (Phi) is 4.64. The average molecular weight is 305 g/mol. The first-order valence-electron chi connectivity index (χ1n) is 6.30. The highest BCUT2D eigenvalue weighted by Crippen LogP contribution is 2.27. The summed E-state index contributed by atoms with van der Waals surface area (Å²) < 4.78 is 4.64. The quantitative estimate of drug-likeness (QED) is 0.675. The largest absolute Gasteiger partial charge is 0.464 e. The Morgan fingerprint density at radius 2 is 2.14 bits per heavy atom. The second-order valence-corrected chi connectivity index (χ2v) is 5.36. The number of carbonyl (C=O) groups excluding carboxylic acids is 2. The molecular weight excluding hydrogens is 290 g/mol. The number of Topliss-reactive ketones (excluding diaryl/α,β-unsaturated/α-hetero) is 1. The first kappa shape index (κ1) is 15.1. The van der Waals surface area contributed by atoms with Crippen LogP contribution in [0.25, 0.3) is 0 Å². The summed E-state index contributed by atoms with van der Waals surface area (Å²) in [4.78, 5) is 31.9. The van der Waals surface area contributed by atoms with Crippen LogP contribution < -0.4 is 5.32 Å². The molecule has 0 spiro atoms. The summed E-state index contributed by atoms with van der Waals surface area (Å²) in [6.45, 7) is 3.32. The third kappa shape index (κ3) is 3.43. The number of pyridine rings is 1. The number of nitrogens with zero attached hydrogens (tertiary/aromatic N) is 2. The predicted octanol–water partition coefficient (Wildman–Crippen LogP) is 2.70. The lowest BCUT2D eigenvalue weighted by Crippen LogP contribution is -2.09. The maximum Gasteiger partial charge on any atom is 0.358 e. The molecule has 6 nitrogen and oxygen atoms in total. The van der Waals surface area contributed by atoms with Gasteiger partial charge in [-0.15, -0.1) is 0 Å². The molecule has 0 radical (unpaired) electrons. The van der Waals surface area contributed by atoms with Gasteiger partial charge in [0.25, 0.3) is 0 Å². The van der Waals surface area contributed by atoms with Gasteiger partial charge in [-0.1, -0.05) is 17.4 Å². The van der Waals surface area contributed by atoms with Gasteiger partial charge in [-0.05, 0) is 19.1 Å². The molecule has 0 saturated carbocycles. The van der Waals surface area contributed by atoms with Crippen LogP contribution >= 0.6 is 11.3 Å². The van der Waals surface area contributed by atoms with Gasteiger partial charge in [0.2, 0.25) is 0 Å². The summed E-state index contributed by atoms with van der Waals surface area (Å²) in [7, 11) is 1.26. The number of ketones is 1. The number of ether oxygens (including phenoxy) is 1. The van der Waals surface area contributed by atoms with E-state index >= 15 is 0 Å². The fourth-order valence-electron chi connectivity index (χ4n) is 1.75. The van der Waals surface area contributed by atoms with Crippen molar-refractivity contribution in [2.45, 2.75) is 19.9 Å². The minimum absolute atomic E-state index is 0.0470. The molecule has 2 aromatic rings. The zero-order valence-electron chi connectivity index (χ0n) is 11.9. The van der Waals surface area contributed by atoms with Crippen molar-refractivity contribution in [3.63, 3.8) is 0 Å². The van der Waals surface area contributed by atoms with Crippen LogP contribution in [-0.4, -0.2) is 28.8 Å². The summed E-state index contributed by atoms with van der Waals surface area (Å²) >= 11 is 1.13. The van der Waals surface area contributed by atoms with E-state index in [1.165, 1.54) is 14.0 Å². The lowest BCUT2D eigenvalue weighted by atomic mass is 10.2. The van der Waals surface area contributed by atoms with Gasteiger partial charge in [-0.25, -0.2) is 9.78 Å². The first-order chi connectivity index (χ1) is 10.0. The Morgan fingerprint density at radius 3 is 2.71 bits per heavy atom. The molecule has 2 rings (SSSR count). The topological polar surface area (TPSA) is 81.2 Å². The fraction of sp³-hybridized carbons (Fsp3) is 0.286. The number of methoxy groups -OCH3 is 1. The monoisotopic (exact) mass is 305 g/mol. The summed E-state index contributed by atoms with van der Waals surface area (Å²) in [5.41, 5.74) is 0.891. The normalized spacial score (nSPS) is 11.8. The van der Waals surface area contributed by atoms with E-state index in [1.54, 1.807) is 6.20 Å². The Hall–Kier alpha value is -2.28. The van der Waals surface area contributed by atoms with Crippen molar-refractivity contribution >= 4 is 28.2 Å². The molecule has 0 aliphatic carbocycles. The van der Waals surface area contributed by atoms with E-state index in [0.717, 1.165) is 17.0 Å². The van der Waals surface area contributed by atoms with Crippen LogP contribution in [0.5, 0.6) is 0 Å². The second-order valence-electron chi connectivity index (χ2n) is 4.37. The molecule has 0 aliphatic heterocycles. The number of carbonyl (C=O) groups is 2. The molecule has 2 heterocycles. The summed E-state index contributed by atoms with van der Waals surface area (Å²) in [6, 6.07) is 5.52. The van der Waals surface area contributed by atoms with Crippen LogP contribution in [0.2, 0.25) is 0 Å². The minimum atomic E-state index is -0.616. The van der Waals surface area contributed by atoms with Crippen LogP contribution in [0.1, 0.15) is 45.7 Å². The summed E-state index contributed by atoms with van der Waals surface area (Å²) in [5.74, 6) is -0.832. The molecule has 0 aliphatic rings. The second kappa shape index (κ2) is 6.45. The minimum Gasteiger partial charge on any atom is -0.464 e. The zero-order chi connectivity index (χ0) is 15.4. The van der Waals surface area contributed by atoms with Gasteiger partial charge < -0.3 is 10.1 Å². The summed E-state index contributed by atoms with van der Waals surface area (Å²) in [6.07, 6.45) is 1.70. The Morgan fingerprint density at radius 1 is 1.38 bits per heavy atom. The number of rotatable bonds is 5. The maximum atomic E-state index is 11.6. The van der Waals surface area contributed by atoms with E-state index in [-0.39, 0.29) is 22.4 Å². The van der Waals surface area contributed by atoms with Crippen LogP contribution in [0, 0.1) is 0 Å². The zero-order valence-corrected chi connectivity index (χ0v) is 12.7. The van der Waals surface area contributed by atoms with Crippen molar-refractivity contribution in [2.75, 3.05) is 12.4 Å². The van der Waals surface area contributed by atoms with Crippen LogP contribution in [0.3, 0.4) is 0 Å². The van der Waals surface area contributed by atoms with Crippen molar-refractivity contribution in [1.82, 2.24) is 9.97 Å². The van der Waals surface area contributed by atoms with Crippen molar-refractivity contribution in [2.24, 2.45) is 0 Å². The summed E-state index contributed by atoms with van der Waals surface area (Å²) in [5, 5.41) is 3.62. The number of hydrogen-bond donors (Lipinski definition) is 1. The van der Waals surface area contributed by atoms with Gasteiger partial charge in [0.15, 0.2) is 16.6 Å². The first-order valence-corrected chi connectivity index (χ1v) is 7.12. The van der Waals surface area contributed by atoms with Gasteiger partial charge in [-0.3, -0.25) is 9.78 Å². The molecule has 1 unspecified atom stereocenters. The highest BCUT2D eigenvalue weighted by atomic mass is 32.1. The van der Waals surface area contributed by atoms with Crippen LogP contribution in [0.15, 0.2) is 24.4 Å². The number of esters is 1. The molecule has 2 aromatic heterocycles. The standard InChI is InChI=1S/C14H15N3O3S/c1-8(10-6-4-5-7-15-10)16-14-17-11(13(19)20-3)12(21-14)9(2)18/h4-8H,1-3H3,(H,16,17). The lowest BCUT2D eigenvalue weighted by molar-refractivity contribution is 0.0591. The van der Waals surface area contributed by atoms with E-state index in [0.29, 0.717) is 5.13 Å². The number of aromatic nitrogens is 2. The van der Waals surface area contributed by atoms with Gasteiger partial charge >= 0.3 is 5.97 Å². The van der Waals surface area contributed by atoms with Crippen molar-refractivity contribution in [1.29, 1.82) is 0 Å². The van der Waals surface area contributed by atoms with E-state index in [9.17, 15) is 9.59 Å². The molecule has 7 heteroatoms. The molecule has 0 fully saturated rings. The third-order valence-corrected chi connectivity index (χ3v) is 3.88. The van der Waals surface area contributed by atoms with E-state index in [4.69, 9.17) is 0 Å². The molecular formula is C14H15N3O3S. The molecule has 0 saturated heterocycles. The Bertz CT molecular complexity index is 655. The lowest BCUT2D eigenvalue weighted by Gasteiger charge is -2.11. The van der Waals surface area contributed by atoms with Crippen molar-refractivity contribution in [3.8, 4) is 0 Å². The van der Waals surface area contributed by atoms with Gasteiger partial charge in [0, 0.05) is 13.1 Å². The molecule has 21 heavy (non-hydrogen) atoms. The number of hydrogen-bond acceptors (Lipinski definition) is 7. The predicted molar refractivity (Wildman–Crippen MR) is 79.7 cm³/mol. The molecule has 1 atom stereocenters. The van der Waals surface area contributed by atoms with Crippen molar-refractivity contribution in [3.05, 3.63) is 40.7 Å². The molecule has 0 amide bonds. The number of nitrogens with one attached hydrogen (secondary N) is 1. The van der Waals surface area contributed by atoms with Gasteiger partial charge in [-0.2, -0.15) is 0 Å². The van der Waals surface area contributed by atoms with E-state index in [2.05, 4.69) is 20.0 Å². The third-order valence-electron chi connectivity index (χ3n) is 2.80. The van der Waals surface area contributed by atoms with E-state index in [1.807, 2.05) is 25.1 Å². The molecule has 110 valence electrons. The number of anilines is 1.